The number of carbonyl (C=O) groups is 1. The number of fused-ring (bicyclic) bond motifs is 1. The highest BCUT2D eigenvalue weighted by molar-refractivity contribution is 7.99. The molecule has 0 saturated carbocycles. The first-order valence-electron chi connectivity index (χ1n) is 12.7. The number of benzene rings is 2. The molecule has 1 aromatic heterocycles. The fourth-order valence-electron chi connectivity index (χ4n) is 5.31. The summed E-state index contributed by atoms with van der Waals surface area (Å²) in [6.45, 7) is 4.85. The lowest BCUT2D eigenvalue weighted by Gasteiger charge is -2.41. The van der Waals surface area contributed by atoms with Gasteiger partial charge in [0.2, 0.25) is 0 Å². The average molecular weight is 543 g/mol. The van der Waals surface area contributed by atoms with E-state index in [0.29, 0.717) is 29.2 Å². The van der Waals surface area contributed by atoms with Crippen LogP contribution in [0, 0.1) is 12.3 Å². The van der Waals surface area contributed by atoms with Crippen LogP contribution in [0.15, 0.2) is 53.6 Å². The Bertz CT molecular complexity index is 1230. The van der Waals surface area contributed by atoms with Crippen molar-refractivity contribution in [2.75, 3.05) is 32.5 Å². The SMILES string of the molecule is COc1ccc2ncc(Cl)c([C@H](O)CCC3(CC(=O)O)CCN(CCSc4ccccc4C)CC3)c2c1. The minimum atomic E-state index is -0.820. The smallest absolute Gasteiger partial charge is 0.303 e. The van der Waals surface area contributed by atoms with Crippen molar-refractivity contribution >= 4 is 40.2 Å². The topological polar surface area (TPSA) is 82.9 Å². The molecule has 0 unspecified atom stereocenters. The van der Waals surface area contributed by atoms with Gasteiger partial charge in [-0.1, -0.05) is 29.8 Å². The molecule has 1 aliphatic heterocycles. The molecule has 0 radical (unpaired) electrons. The van der Waals surface area contributed by atoms with Crippen molar-refractivity contribution < 1.29 is 19.7 Å². The van der Waals surface area contributed by atoms with Crippen LogP contribution in [0.25, 0.3) is 10.9 Å². The first-order valence-corrected chi connectivity index (χ1v) is 14.1. The van der Waals surface area contributed by atoms with Crippen molar-refractivity contribution in [1.82, 2.24) is 9.88 Å². The van der Waals surface area contributed by atoms with Crippen LogP contribution in [0.2, 0.25) is 5.02 Å². The quantitative estimate of drug-likeness (QED) is 0.272. The average Bonchev–Trinajstić information content (AvgIpc) is 2.89. The molecular formula is C29H35ClN2O4S. The summed E-state index contributed by atoms with van der Waals surface area (Å²) in [6, 6.07) is 13.9. The summed E-state index contributed by atoms with van der Waals surface area (Å²) < 4.78 is 5.36. The summed E-state index contributed by atoms with van der Waals surface area (Å²) in [5, 5.41) is 22.1. The van der Waals surface area contributed by atoms with E-state index in [1.54, 1.807) is 13.3 Å². The number of pyridine rings is 1. The van der Waals surface area contributed by atoms with Gasteiger partial charge in [0.1, 0.15) is 5.75 Å². The van der Waals surface area contributed by atoms with Crippen LogP contribution in [0.3, 0.4) is 0 Å². The molecule has 37 heavy (non-hydrogen) atoms. The molecule has 1 fully saturated rings. The number of carboxylic acid groups (broad SMARTS) is 1. The number of nitrogens with zero attached hydrogens (tertiary/aromatic N) is 2. The molecule has 3 aromatic rings. The monoisotopic (exact) mass is 542 g/mol. The van der Waals surface area contributed by atoms with Gasteiger partial charge in [0, 0.05) is 34.3 Å². The first kappa shape index (κ1) is 27.7. The highest BCUT2D eigenvalue weighted by Crippen LogP contribution is 2.43. The third kappa shape index (κ3) is 6.96. The molecule has 8 heteroatoms. The van der Waals surface area contributed by atoms with Crippen LogP contribution in [-0.4, -0.2) is 58.6 Å². The van der Waals surface area contributed by atoms with Crippen LogP contribution in [0.1, 0.15) is 49.3 Å². The maximum Gasteiger partial charge on any atom is 0.303 e. The zero-order valence-electron chi connectivity index (χ0n) is 21.5. The maximum absolute atomic E-state index is 11.8. The molecule has 4 rings (SSSR count). The predicted octanol–water partition coefficient (Wildman–Crippen LogP) is 6.37. The molecule has 2 N–H and O–H groups in total. The van der Waals surface area contributed by atoms with Gasteiger partial charge in [-0.15, -0.1) is 11.8 Å². The predicted molar refractivity (Wildman–Crippen MR) is 150 cm³/mol. The number of aryl methyl sites for hydroxylation is 1. The van der Waals surface area contributed by atoms with Crippen molar-refractivity contribution in [3.05, 3.63) is 64.8 Å². The Morgan fingerprint density at radius 2 is 2.00 bits per heavy atom. The van der Waals surface area contributed by atoms with E-state index in [0.717, 1.165) is 49.1 Å². The molecule has 0 spiro atoms. The van der Waals surface area contributed by atoms with Crippen molar-refractivity contribution in [3.8, 4) is 5.75 Å². The Labute approximate surface area is 228 Å². The summed E-state index contributed by atoms with van der Waals surface area (Å²) in [6.07, 6.45) is 3.53. The number of thioether (sulfide) groups is 1. The van der Waals surface area contributed by atoms with Gasteiger partial charge in [0.15, 0.2) is 0 Å². The molecular weight excluding hydrogens is 508 g/mol. The second-order valence-corrected chi connectivity index (χ2v) is 11.5. The zero-order valence-corrected chi connectivity index (χ0v) is 23.0. The largest absolute Gasteiger partial charge is 0.497 e. The van der Waals surface area contributed by atoms with Crippen LogP contribution >= 0.6 is 23.4 Å². The van der Waals surface area contributed by atoms with Crippen molar-refractivity contribution in [3.63, 3.8) is 0 Å². The third-order valence-electron chi connectivity index (χ3n) is 7.55. The molecule has 0 amide bonds. The van der Waals surface area contributed by atoms with Gasteiger partial charge in [-0.05, 0) is 80.9 Å². The Morgan fingerprint density at radius 3 is 2.70 bits per heavy atom. The van der Waals surface area contributed by atoms with Crippen LogP contribution in [-0.2, 0) is 4.79 Å². The Kier molecular flexibility index (Phi) is 9.35. The second-order valence-electron chi connectivity index (χ2n) is 9.98. The summed E-state index contributed by atoms with van der Waals surface area (Å²) in [5.74, 6) is 0.891. The number of aliphatic hydroxyl groups is 1. The number of likely N-dealkylation sites (tertiary alicyclic amines) is 1. The zero-order chi connectivity index (χ0) is 26.4. The van der Waals surface area contributed by atoms with E-state index in [9.17, 15) is 15.0 Å². The number of aliphatic carboxylic acids is 1. The maximum atomic E-state index is 11.8. The van der Waals surface area contributed by atoms with Gasteiger partial charge in [-0.25, -0.2) is 0 Å². The standard InChI is InChI=1S/C29H35ClN2O4S/c1-20-5-3-4-6-26(20)37-16-15-32-13-11-29(12-14-32,18-27(34)35)10-9-25(33)28-22-17-21(36-2)7-8-24(22)31-19-23(28)30/h3-8,17,19,25,33H,9-16,18H2,1-2H3,(H,34,35)/t25-/m1/s1. The number of hydrogen-bond acceptors (Lipinski definition) is 6. The number of ether oxygens (including phenoxy) is 1. The minimum Gasteiger partial charge on any atom is -0.497 e. The molecule has 198 valence electrons. The van der Waals surface area contributed by atoms with E-state index in [1.807, 2.05) is 30.0 Å². The summed E-state index contributed by atoms with van der Waals surface area (Å²) >= 11 is 8.36. The van der Waals surface area contributed by atoms with Crippen molar-refractivity contribution in [2.45, 2.75) is 50.0 Å². The fraction of sp³-hybridized carbons (Fsp3) is 0.448. The van der Waals surface area contributed by atoms with Crippen LogP contribution < -0.4 is 4.74 Å². The summed E-state index contributed by atoms with van der Waals surface area (Å²) in [7, 11) is 1.60. The minimum absolute atomic E-state index is 0.115. The summed E-state index contributed by atoms with van der Waals surface area (Å²) in [5.41, 5.74) is 2.32. The number of piperidine rings is 1. The highest BCUT2D eigenvalue weighted by Gasteiger charge is 2.37. The van der Waals surface area contributed by atoms with Gasteiger partial charge in [0.25, 0.3) is 0 Å². The lowest BCUT2D eigenvalue weighted by atomic mass is 9.71. The summed E-state index contributed by atoms with van der Waals surface area (Å²) in [4.78, 5) is 19.9. The van der Waals surface area contributed by atoms with Gasteiger partial charge >= 0.3 is 5.97 Å². The number of halogens is 1. The number of aliphatic hydroxyl groups excluding tert-OH is 1. The lowest BCUT2D eigenvalue weighted by molar-refractivity contribution is -0.141. The first-order chi connectivity index (χ1) is 17.8. The number of aromatic nitrogens is 1. The van der Waals surface area contributed by atoms with Gasteiger partial charge < -0.3 is 19.8 Å². The molecule has 2 aromatic carbocycles. The van der Waals surface area contributed by atoms with E-state index in [2.05, 4.69) is 41.1 Å². The number of rotatable bonds is 11. The molecule has 0 aliphatic carbocycles. The van der Waals surface area contributed by atoms with Crippen LogP contribution in [0.5, 0.6) is 5.75 Å². The van der Waals surface area contributed by atoms with Gasteiger partial charge in [-0.2, -0.15) is 0 Å². The third-order valence-corrected chi connectivity index (χ3v) is 9.01. The van der Waals surface area contributed by atoms with E-state index < -0.39 is 12.1 Å². The van der Waals surface area contributed by atoms with Crippen molar-refractivity contribution in [1.29, 1.82) is 0 Å². The Balaban J connectivity index is 1.39. The molecule has 0 bridgehead atoms. The number of methoxy groups -OCH3 is 1. The van der Waals surface area contributed by atoms with Crippen LogP contribution in [0.4, 0.5) is 0 Å². The molecule has 2 heterocycles. The Morgan fingerprint density at radius 1 is 1.24 bits per heavy atom. The number of hydrogen-bond donors (Lipinski definition) is 2. The molecule has 1 aliphatic rings. The normalized spacial score (nSPS) is 16.5. The van der Waals surface area contributed by atoms with Crippen molar-refractivity contribution in [2.24, 2.45) is 5.41 Å². The highest BCUT2D eigenvalue weighted by atomic mass is 35.5. The fourth-order valence-corrected chi connectivity index (χ4v) is 6.63. The van der Waals surface area contributed by atoms with Gasteiger partial charge in [-0.3, -0.25) is 9.78 Å². The van der Waals surface area contributed by atoms with E-state index in [4.69, 9.17) is 16.3 Å². The van der Waals surface area contributed by atoms with E-state index >= 15 is 0 Å². The lowest BCUT2D eigenvalue weighted by Crippen LogP contribution is -2.42. The molecule has 1 atom stereocenters. The Hall–Kier alpha value is -2.32. The van der Waals surface area contributed by atoms with Gasteiger partial charge in [0.05, 0.1) is 30.2 Å². The van der Waals surface area contributed by atoms with E-state index in [1.165, 1.54) is 10.5 Å². The number of carboxylic acids is 1. The molecule has 6 nitrogen and oxygen atoms in total. The molecule has 1 saturated heterocycles. The van der Waals surface area contributed by atoms with E-state index in [-0.39, 0.29) is 11.8 Å². The second kappa shape index (κ2) is 12.5.